The van der Waals surface area contributed by atoms with Gasteiger partial charge in [-0.2, -0.15) is 0 Å². The van der Waals surface area contributed by atoms with E-state index in [2.05, 4.69) is 25.9 Å². The summed E-state index contributed by atoms with van der Waals surface area (Å²) in [5.41, 5.74) is 6.34. The standard InChI is InChI=1S/C11H11BrFN5O2/c12-8-7-9(14)15-1-2-17(7)10(16-8)6-3-5(13)4-18(6)11(19)20/h1-2,5-6H,3-4H2,(H2,14,15)(H,19,20)/t5-,6+/m1/s1. The Balaban J connectivity index is 2.15. The van der Waals surface area contributed by atoms with Crippen LogP contribution in [0.2, 0.25) is 0 Å². The van der Waals surface area contributed by atoms with Crippen LogP contribution in [0, 0.1) is 0 Å². The lowest BCUT2D eigenvalue weighted by atomic mass is 10.2. The summed E-state index contributed by atoms with van der Waals surface area (Å²) in [4.78, 5) is 20.5. The Morgan fingerprint density at radius 2 is 2.35 bits per heavy atom. The molecule has 0 aliphatic carbocycles. The summed E-state index contributed by atoms with van der Waals surface area (Å²) in [7, 11) is 0. The van der Waals surface area contributed by atoms with Crippen LogP contribution in [0.4, 0.5) is 15.0 Å². The number of nitrogen functional groups attached to an aromatic ring is 1. The van der Waals surface area contributed by atoms with Gasteiger partial charge >= 0.3 is 6.09 Å². The fraction of sp³-hybridized carbons (Fsp3) is 0.364. The third-order valence-corrected chi connectivity index (χ3v) is 3.91. The normalized spacial score (nSPS) is 22.6. The van der Waals surface area contributed by atoms with Crippen molar-refractivity contribution in [3.8, 4) is 0 Å². The molecule has 3 heterocycles. The molecule has 1 saturated heterocycles. The molecule has 0 saturated carbocycles. The van der Waals surface area contributed by atoms with Crippen molar-refractivity contribution in [1.29, 1.82) is 0 Å². The minimum atomic E-state index is -1.19. The lowest BCUT2D eigenvalue weighted by molar-refractivity contribution is 0.136. The maximum atomic E-state index is 13.6. The van der Waals surface area contributed by atoms with E-state index in [1.807, 2.05) is 0 Å². The van der Waals surface area contributed by atoms with E-state index in [4.69, 9.17) is 10.8 Å². The third-order valence-electron chi connectivity index (χ3n) is 3.36. The third kappa shape index (κ3) is 1.89. The molecule has 2 aromatic rings. The summed E-state index contributed by atoms with van der Waals surface area (Å²) in [6.45, 7) is -0.146. The minimum Gasteiger partial charge on any atom is -0.465 e. The Labute approximate surface area is 121 Å². The van der Waals surface area contributed by atoms with Crippen LogP contribution < -0.4 is 5.73 Å². The highest BCUT2D eigenvalue weighted by Crippen LogP contribution is 2.35. The number of hydrogen-bond acceptors (Lipinski definition) is 4. The van der Waals surface area contributed by atoms with E-state index in [0.717, 1.165) is 4.90 Å². The number of amides is 1. The first-order chi connectivity index (χ1) is 9.49. The number of nitrogens with zero attached hydrogens (tertiary/aromatic N) is 4. The van der Waals surface area contributed by atoms with E-state index in [9.17, 15) is 9.18 Å². The van der Waals surface area contributed by atoms with Crippen molar-refractivity contribution in [3.63, 3.8) is 0 Å². The zero-order valence-corrected chi connectivity index (χ0v) is 11.8. The maximum absolute atomic E-state index is 13.6. The minimum absolute atomic E-state index is 0.0834. The molecule has 1 aliphatic heterocycles. The van der Waals surface area contributed by atoms with Crippen LogP contribution >= 0.6 is 15.9 Å². The van der Waals surface area contributed by atoms with Gasteiger partial charge in [0.2, 0.25) is 0 Å². The fourth-order valence-corrected chi connectivity index (χ4v) is 3.09. The number of imidazole rings is 1. The number of anilines is 1. The van der Waals surface area contributed by atoms with Gasteiger partial charge in [0.05, 0.1) is 12.6 Å². The fourth-order valence-electron chi connectivity index (χ4n) is 2.52. The molecule has 7 nitrogen and oxygen atoms in total. The van der Waals surface area contributed by atoms with Crippen molar-refractivity contribution in [2.24, 2.45) is 0 Å². The molecule has 106 valence electrons. The van der Waals surface area contributed by atoms with Crippen LogP contribution in [0.1, 0.15) is 18.3 Å². The quantitative estimate of drug-likeness (QED) is 0.823. The van der Waals surface area contributed by atoms with Crippen LogP contribution in [-0.2, 0) is 0 Å². The topological polar surface area (TPSA) is 96.8 Å². The van der Waals surface area contributed by atoms with Gasteiger partial charge in [0.1, 0.15) is 22.1 Å². The number of halogens is 2. The Kier molecular flexibility index (Phi) is 3.00. The summed E-state index contributed by atoms with van der Waals surface area (Å²) in [6, 6.07) is -0.636. The Bertz CT molecular complexity index is 691. The predicted octanol–water partition coefficient (Wildman–Crippen LogP) is 1.84. The van der Waals surface area contributed by atoms with Crippen molar-refractivity contribution in [1.82, 2.24) is 19.3 Å². The van der Waals surface area contributed by atoms with Crippen molar-refractivity contribution < 1.29 is 14.3 Å². The Morgan fingerprint density at radius 3 is 3.05 bits per heavy atom. The molecular formula is C11H11BrFN5O2. The Hall–Kier alpha value is -1.90. The largest absolute Gasteiger partial charge is 0.465 e. The molecule has 0 unspecified atom stereocenters. The lowest BCUT2D eigenvalue weighted by Gasteiger charge is -2.19. The summed E-state index contributed by atoms with van der Waals surface area (Å²) in [5.74, 6) is 0.707. The number of likely N-dealkylation sites (tertiary alicyclic amines) is 1. The second-order valence-corrected chi connectivity index (χ2v) is 5.33. The molecule has 2 atom stereocenters. The highest BCUT2D eigenvalue weighted by molar-refractivity contribution is 9.10. The monoisotopic (exact) mass is 343 g/mol. The first-order valence-electron chi connectivity index (χ1n) is 5.90. The van der Waals surface area contributed by atoms with Gasteiger partial charge in [0.25, 0.3) is 0 Å². The van der Waals surface area contributed by atoms with Crippen molar-refractivity contribution in [2.75, 3.05) is 12.3 Å². The van der Waals surface area contributed by atoms with Crippen LogP contribution in [0.15, 0.2) is 17.0 Å². The van der Waals surface area contributed by atoms with E-state index >= 15 is 0 Å². The molecular weight excluding hydrogens is 333 g/mol. The van der Waals surface area contributed by atoms with Crippen LogP contribution in [0.5, 0.6) is 0 Å². The molecule has 3 N–H and O–H groups in total. The van der Waals surface area contributed by atoms with Crippen molar-refractivity contribution >= 4 is 33.4 Å². The smallest absolute Gasteiger partial charge is 0.408 e. The molecule has 3 rings (SSSR count). The van der Waals surface area contributed by atoms with Crippen molar-refractivity contribution in [2.45, 2.75) is 18.6 Å². The van der Waals surface area contributed by atoms with Gasteiger partial charge in [-0.25, -0.2) is 19.2 Å². The summed E-state index contributed by atoms with van der Waals surface area (Å²) in [6.07, 6.45) is 0.851. The molecule has 20 heavy (non-hydrogen) atoms. The van der Waals surface area contributed by atoms with Crippen molar-refractivity contribution in [3.05, 3.63) is 22.8 Å². The van der Waals surface area contributed by atoms with Gasteiger partial charge in [0.15, 0.2) is 5.82 Å². The lowest BCUT2D eigenvalue weighted by Crippen LogP contribution is -2.30. The van der Waals surface area contributed by atoms with Crippen LogP contribution in [-0.4, -0.2) is 43.2 Å². The molecule has 0 radical (unpaired) electrons. The molecule has 0 bridgehead atoms. The van der Waals surface area contributed by atoms with E-state index in [0.29, 0.717) is 15.9 Å². The number of hydrogen-bond donors (Lipinski definition) is 2. The number of fused-ring (bicyclic) bond motifs is 1. The summed E-state index contributed by atoms with van der Waals surface area (Å²) >= 11 is 3.28. The van der Waals surface area contributed by atoms with Gasteiger partial charge in [-0.05, 0) is 15.9 Å². The van der Waals surface area contributed by atoms with E-state index in [1.165, 1.54) is 6.20 Å². The number of nitrogens with two attached hydrogens (primary N) is 1. The highest BCUT2D eigenvalue weighted by Gasteiger charge is 2.39. The van der Waals surface area contributed by atoms with Gasteiger partial charge in [-0.1, -0.05) is 0 Å². The number of rotatable bonds is 1. The molecule has 1 amide bonds. The summed E-state index contributed by atoms with van der Waals surface area (Å²) in [5, 5.41) is 9.17. The van der Waals surface area contributed by atoms with Crippen LogP contribution in [0.25, 0.3) is 5.52 Å². The molecule has 2 aromatic heterocycles. The average molecular weight is 344 g/mol. The van der Waals surface area contributed by atoms with Crippen LogP contribution in [0.3, 0.4) is 0 Å². The van der Waals surface area contributed by atoms with Gasteiger partial charge < -0.3 is 10.8 Å². The number of carbonyl (C=O) groups is 1. The van der Waals surface area contributed by atoms with Gasteiger partial charge in [0, 0.05) is 18.8 Å². The Morgan fingerprint density at radius 1 is 1.60 bits per heavy atom. The average Bonchev–Trinajstić information content (AvgIpc) is 2.91. The summed E-state index contributed by atoms with van der Waals surface area (Å²) < 4.78 is 15.7. The predicted molar refractivity (Wildman–Crippen MR) is 72.1 cm³/mol. The van der Waals surface area contributed by atoms with E-state index < -0.39 is 18.3 Å². The first kappa shape index (κ1) is 13.1. The van der Waals surface area contributed by atoms with Gasteiger partial charge in [-0.3, -0.25) is 9.30 Å². The molecule has 1 fully saturated rings. The molecule has 1 aliphatic rings. The highest BCUT2D eigenvalue weighted by atomic mass is 79.9. The second kappa shape index (κ2) is 4.58. The molecule has 0 spiro atoms. The SMILES string of the molecule is Nc1nccn2c([C@@H]3C[C@@H](F)CN3C(=O)O)nc(Br)c12. The van der Waals surface area contributed by atoms with E-state index in [1.54, 1.807) is 10.6 Å². The maximum Gasteiger partial charge on any atom is 0.408 e. The number of carboxylic acid groups (broad SMARTS) is 1. The van der Waals surface area contributed by atoms with Gasteiger partial charge in [-0.15, -0.1) is 0 Å². The second-order valence-electron chi connectivity index (χ2n) is 4.58. The van der Waals surface area contributed by atoms with E-state index in [-0.39, 0.29) is 18.8 Å². The number of aromatic nitrogens is 3. The molecule has 0 aromatic carbocycles. The zero-order chi connectivity index (χ0) is 14.4. The molecule has 9 heteroatoms. The number of alkyl halides is 1. The first-order valence-corrected chi connectivity index (χ1v) is 6.70. The zero-order valence-electron chi connectivity index (χ0n) is 10.2.